The minimum Gasteiger partial charge on any atom is -0.349 e. The normalized spacial score (nSPS) is 24.8. The molecular weight excluding hydrogens is 477 g/mol. The van der Waals surface area contributed by atoms with Gasteiger partial charge in [0.1, 0.15) is 0 Å². The van der Waals surface area contributed by atoms with Crippen LogP contribution in [0.25, 0.3) is 0 Å². The van der Waals surface area contributed by atoms with E-state index >= 15 is 0 Å². The summed E-state index contributed by atoms with van der Waals surface area (Å²) in [4.78, 5) is 55.9. The van der Waals surface area contributed by atoms with Gasteiger partial charge in [0.2, 0.25) is 29.0 Å². The first-order chi connectivity index (χ1) is 16.4. The highest BCUT2D eigenvalue weighted by Crippen LogP contribution is 2.58. The number of carbonyl (C=O) groups excluding carboxylic acids is 4. The lowest BCUT2D eigenvalue weighted by Gasteiger charge is -2.27. The van der Waals surface area contributed by atoms with Gasteiger partial charge in [-0.25, -0.2) is 4.90 Å². The first-order valence-electron chi connectivity index (χ1n) is 10.6. The molecule has 1 aliphatic carbocycles. The van der Waals surface area contributed by atoms with Crippen LogP contribution in [0.2, 0.25) is 10.0 Å². The van der Waals surface area contributed by atoms with Gasteiger partial charge in [0.25, 0.3) is 0 Å². The fourth-order valence-corrected chi connectivity index (χ4v) is 5.85. The number of halogens is 2. The van der Waals surface area contributed by atoms with Crippen molar-refractivity contribution in [2.45, 2.75) is 11.7 Å². The molecule has 2 fully saturated rings. The zero-order valence-electron chi connectivity index (χ0n) is 17.4. The second kappa shape index (κ2) is 7.34. The molecule has 0 radical (unpaired) electrons. The van der Waals surface area contributed by atoms with Gasteiger partial charge >= 0.3 is 0 Å². The van der Waals surface area contributed by atoms with Crippen molar-refractivity contribution in [2.24, 2.45) is 11.8 Å². The number of fused-ring (bicyclic) bond motifs is 3. The fraction of sp³-hybridized carbons (Fsp3) is 0.154. The Hall–Kier alpha value is -3.32. The average Bonchev–Trinajstić information content (AvgIpc) is 3.40. The van der Waals surface area contributed by atoms with Crippen LogP contribution in [0.15, 0.2) is 72.8 Å². The fourth-order valence-electron chi connectivity index (χ4n) is 5.36. The summed E-state index contributed by atoms with van der Waals surface area (Å²) >= 11 is 12.3. The van der Waals surface area contributed by atoms with E-state index in [-0.39, 0.29) is 21.8 Å². The standard InChI is InChI=1S/C26H15Cl2NO5/c27-14-10-11-18(17(28)12-14)29-24(32)19-20(25(29)33)26(34-21(19)13-6-2-1-3-7-13)22(30)15-8-4-5-9-16(15)23(26)31/h1-12,19-21H/t19-,20+,21+/m1/s1. The van der Waals surface area contributed by atoms with Gasteiger partial charge in [-0.15, -0.1) is 0 Å². The number of anilines is 1. The van der Waals surface area contributed by atoms with Crippen LogP contribution in [0.3, 0.4) is 0 Å². The molecule has 0 bridgehead atoms. The lowest BCUT2D eigenvalue weighted by atomic mass is 9.77. The second-order valence-corrected chi connectivity index (χ2v) is 9.34. The molecule has 34 heavy (non-hydrogen) atoms. The van der Waals surface area contributed by atoms with Gasteiger partial charge in [-0.2, -0.15) is 0 Å². The van der Waals surface area contributed by atoms with Crippen molar-refractivity contribution in [3.05, 3.63) is 99.5 Å². The minimum atomic E-state index is -2.12. The number of ether oxygens (including phenoxy) is 1. The molecule has 2 amide bonds. The molecule has 2 aliphatic heterocycles. The number of rotatable bonds is 2. The predicted octanol–water partition coefficient (Wildman–Crippen LogP) is 4.69. The number of Topliss-reactive ketones (excluding diaryl/α,β-unsaturated/α-hetero) is 2. The van der Waals surface area contributed by atoms with Crippen molar-refractivity contribution in [3.8, 4) is 0 Å². The van der Waals surface area contributed by atoms with Crippen molar-refractivity contribution < 1.29 is 23.9 Å². The summed E-state index contributed by atoms with van der Waals surface area (Å²) in [5.41, 5.74) is -1.01. The summed E-state index contributed by atoms with van der Waals surface area (Å²) in [6.45, 7) is 0. The second-order valence-electron chi connectivity index (χ2n) is 8.50. The Morgan fingerprint density at radius 2 is 1.38 bits per heavy atom. The van der Waals surface area contributed by atoms with Crippen molar-refractivity contribution >= 4 is 52.3 Å². The molecule has 0 aromatic heterocycles. The minimum absolute atomic E-state index is 0.104. The average molecular weight is 492 g/mol. The smallest absolute Gasteiger partial charge is 0.241 e. The summed E-state index contributed by atoms with van der Waals surface area (Å²) < 4.78 is 6.22. The maximum atomic E-state index is 13.8. The van der Waals surface area contributed by atoms with Crippen molar-refractivity contribution in [1.82, 2.24) is 0 Å². The first kappa shape index (κ1) is 21.2. The topological polar surface area (TPSA) is 80.8 Å². The Morgan fingerprint density at radius 1 is 0.765 bits per heavy atom. The predicted molar refractivity (Wildman–Crippen MR) is 124 cm³/mol. The molecule has 2 heterocycles. The quantitative estimate of drug-likeness (QED) is 0.383. The highest BCUT2D eigenvalue weighted by molar-refractivity contribution is 6.40. The lowest BCUT2D eigenvalue weighted by Crippen LogP contribution is -2.51. The van der Waals surface area contributed by atoms with Crippen LogP contribution in [-0.4, -0.2) is 29.0 Å². The number of carbonyl (C=O) groups is 4. The van der Waals surface area contributed by atoms with Gasteiger partial charge in [0, 0.05) is 16.1 Å². The van der Waals surface area contributed by atoms with E-state index in [1.807, 2.05) is 0 Å². The van der Waals surface area contributed by atoms with E-state index in [1.54, 1.807) is 42.5 Å². The van der Waals surface area contributed by atoms with Gasteiger partial charge in [0.15, 0.2) is 0 Å². The summed E-state index contributed by atoms with van der Waals surface area (Å²) in [6.07, 6.45) is -0.971. The third kappa shape index (κ3) is 2.61. The number of benzene rings is 3. The molecule has 168 valence electrons. The SMILES string of the molecule is O=C1[C@@H]2[C@@H](C(=O)N1c1ccc(Cl)cc1Cl)C1(O[C@H]2c2ccccc2)C(=O)c2ccccc2C1=O. The number of nitrogens with zero attached hydrogens (tertiary/aromatic N) is 1. The molecule has 6 nitrogen and oxygen atoms in total. The Kier molecular flexibility index (Phi) is 4.58. The molecule has 2 saturated heterocycles. The summed E-state index contributed by atoms with van der Waals surface area (Å²) in [5, 5.41) is 0.444. The van der Waals surface area contributed by atoms with Gasteiger partial charge in [-0.1, -0.05) is 77.8 Å². The van der Waals surface area contributed by atoms with Crippen LogP contribution in [-0.2, 0) is 14.3 Å². The number of ketones is 2. The van der Waals surface area contributed by atoms with E-state index in [4.69, 9.17) is 27.9 Å². The Bertz CT molecular complexity index is 1380. The molecule has 0 saturated carbocycles. The largest absolute Gasteiger partial charge is 0.349 e. The van der Waals surface area contributed by atoms with Crippen molar-refractivity contribution in [1.29, 1.82) is 0 Å². The van der Waals surface area contributed by atoms with Crippen LogP contribution in [0, 0.1) is 11.8 Å². The molecule has 3 aromatic carbocycles. The molecule has 1 spiro atoms. The van der Waals surface area contributed by atoms with Crippen LogP contribution < -0.4 is 4.90 Å². The summed E-state index contributed by atoms with van der Waals surface area (Å²) in [5.74, 6) is -4.90. The van der Waals surface area contributed by atoms with E-state index in [1.165, 1.54) is 30.3 Å². The van der Waals surface area contributed by atoms with Crippen LogP contribution in [0.1, 0.15) is 32.4 Å². The van der Waals surface area contributed by atoms with E-state index in [0.717, 1.165) is 4.90 Å². The zero-order chi connectivity index (χ0) is 23.8. The van der Waals surface area contributed by atoms with Crippen LogP contribution >= 0.6 is 23.2 Å². The van der Waals surface area contributed by atoms with Gasteiger partial charge in [-0.05, 0) is 23.8 Å². The van der Waals surface area contributed by atoms with Gasteiger partial charge < -0.3 is 4.74 Å². The highest BCUT2D eigenvalue weighted by atomic mass is 35.5. The third-order valence-electron chi connectivity index (χ3n) is 6.80. The first-order valence-corrected chi connectivity index (χ1v) is 11.4. The maximum absolute atomic E-state index is 13.8. The molecule has 3 aromatic rings. The van der Waals surface area contributed by atoms with Gasteiger partial charge in [0.05, 0.1) is 28.6 Å². The van der Waals surface area contributed by atoms with E-state index in [2.05, 4.69) is 0 Å². The lowest BCUT2D eigenvalue weighted by molar-refractivity contribution is -0.127. The molecule has 0 N–H and O–H groups in total. The van der Waals surface area contributed by atoms with Crippen LogP contribution in [0.5, 0.6) is 0 Å². The zero-order valence-corrected chi connectivity index (χ0v) is 18.9. The summed E-state index contributed by atoms with van der Waals surface area (Å²) in [7, 11) is 0. The van der Waals surface area contributed by atoms with Gasteiger partial charge in [-0.3, -0.25) is 19.2 Å². The monoisotopic (exact) mass is 491 g/mol. The highest BCUT2D eigenvalue weighted by Gasteiger charge is 2.74. The molecule has 3 atom stereocenters. The van der Waals surface area contributed by atoms with Crippen LogP contribution in [0.4, 0.5) is 5.69 Å². The number of amides is 2. The number of imide groups is 1. The Morgan fingerprint density at radius 3 is 2.00 bits per heavy atom. The summed E-state index contributed by atoms with van der Waals surface area (Å²) in [6, 6.07) is 19.6. The molecular formula is C26H15Cl2NO5. The maximum Gasteiger partial charge on any atom is 0.241 e. The number of hydrogen-bond acceptors (Lipinski definition) is 5. The molecule has 8 heteroatoms. The molecule has 3 aliphatic rings. The van der Waals surface area contributed by atoms with Crippen molar-refractivity contribution in [3.63, 3.8) is 0 Å². The van der Waals surface area contributed by atoms with E-state index in [9.17, 15) is 19.2 Å². The Balaban J connectivity index is 1.56. The third-order valence-corrected chi connectivity index (χ3v) is 7.34. The molecule has 6 rings (SSSR count). The van der Waals surface area contributed by atoms with E-state index < -0.39 is 46.9 Å². The van der Waals surface area contributed by atoms with Crippen molar-refractivity contribution in [2.75, 3.05) is 4.90 Å². The molecule has 0 unspecified atom stereocenters. The Labute approximate surface area is 204 Å². The number of hydrogen-bond donors (Lipinski definition) is 0. The van der Waals surface area contributed by atoms with E-state index in [0.29, 0.717) is 10.6 Å².